The van der Waals surface area contributed by atoms with Gasteiger partial charge >= 0.3 is 5.97 Å². The van der Waals surface area contributed by atoms with Crippen molar-refractivity contribution in [1.82, 2.24) is 34.8 Å². The second kappa shape index (κ2) is 19.4. The molecule has 15 heteroatoms. The summed E-state index contributed by atoms with van der Waals surface area (Å²) in [6, 6.07) is 14.7. The number of nitrogens with one attached hydrogen (secondary N) is 3. The van der Waals surface area contributed by atoms with Crippen LogP contribution in [0.15, 0.2) is 83.8 Å². The Morgan fingerprint density at radius 1 is 0.946 bits per heavy atom. The van der Waals surface area contributed by atoms with Crippen LogP contribution in [0.3, 0.4) is 0 Å². The number of nitrogens with two attached hydrogens (primary N) is 1. The largest absolute Gasteiger partial charge is 0.427 e. The second-order valence-corrected chi connectivity index (χ2v) is 14.0. The van der Waals surface area contributed by atoms with Crippen molar-refractivity contribution in [1.29, 1.82) is 0 Å². The van der Waals surface area contributed by atoms with E-state index in [9.17, 15) is 14.0 Å². The molecular formula is C41H48FN11O3. The normalized spacial score (nSPS) is 11.6. The van der Waals surface area contributed by atoms with Crippen molar-refractivity contribution in [2.75, 3.05) is 18.4 Å². The first kappa shape index (κ1) is 39.4. The van der Waals surface area contributed by atoms with Gasteiger partial charge in [-0.3, -0.25) is 14.6 Å². The zero-order valence-corrected chi connectivity index (χ0v) is 31.8. The van der Waals surface area contributed by atoms with E-state index in [1.165, 1.54) is 12.3 Å². The van der Waals surface area contributed by atoms with E-state index in [0.717, 1.165) is 73.2 Å². The van der Waals surface area contributed by atoms with Crippen LogP contribution in [-0.4, -0.2) is 54.5 Å². The first-order valence-corrected chi connectivity index (χ1v) is 19.1. The summed E-state index contributed by atoms with van der Waals surface area (Å²) in [5.74, 6) is 5.83. The Hall–Kier alpha value is -6.25. The standard InChI is InChI=1S/C41H48FN11O3/c1-27(2)53-26-48-38-40(49-39(50-41(38)53)30-21-31(42)25-44-23-30)46-20-18-29-24-47-35-17-16-33(22-34(29)35)56-37(55)11-6-4-3-5-7-19-45-36(54)10-8-9-28-12-14-32(15-13-28)51-52-43/h12-17,21-27,47H,3-11,18-20H2,1-2H3,(H2,43,51)(H,45,54)(H,46,49,50). The maximum Gasteiger partial charge on any atom is 0.311 e. The summed E-state index contributed by atoms with van der Waals surface area (Å²) >= 11 is 0. The molecule has 0 aliphatic rings. The van der Waals surface area contributed by atoms with Crippen molar-refractivity contribution in [3.63, 3.8) is 0 Å². The smallest absolute Gasteiger partial charge is 0.311 e. The van der Waals surface area contributed by atoms with E-state index >= 15 is 0 Å². The fourth-order valence-electron chi connectivity index (χ4n) is 6.50. The van der Waals surface area contributed by atoms with Crippen molar-refractivity contribution in [3.8, 4) is 17.1 Å². The number of anilines is 1. The highest BCUT2D eigenvalue weighted by Crippen LogP contribution is 2.28. The third-order valence-corrected chi connectivity index (χ3v) is 9.46. The Labute approximate surface area is 324 Å². The minimum Gasteiger partial charge on any atom is -0.427 e. The Morgan fingerprint density at radius 3 is 2.57 bits per heavy atom. The van der Waals surface area contributed by atoms with Gasteiger partial charge in [-0.2, -0.15) is 0 Å². The number of carbonyl (C=O) groups is 2. The van der Waals surface area contributed by atoms with Crippen molar-refractivity contribution < 1.29 is 18.7 Å². The van der Waals surface area contributed by atoms with Gasteiger partial charge in [0, 0.05) is 60.8 Å². The lowest BCUT2D eigenvalue weighted by molar-refractivity contribution is -0.134. The van der Waals surface area contributed by atoms with Gasteiger partial charge in [-0.15, -0.1) is 5.11 Å². The number of rotatable bonds is 20. The number of unbranched alkanes of at least 4 members (excludes halogenated alkanes) is 4. The molecule has 0 aliphatic carbocycles. The summed E-state index contributed by atoms with van der Waals surface area (Å²) in [7, 11) is 0. The Bertz CT molecular complexity index is 2270. The van der Waals surface area contributed by atoms with Gasteiger partial charge < -0.3 is 30.8 Å². The van der Waals surface area contributed by atoms with Gasteiger partial charge in [-0.25, -0.2) is 19.3 Å². The molecule has 0 bridgehead atoms. The number of imidazole rings is 1. The fraction of sp³-hybridized carbons (Fsp3) is 0.366. The summed E-state index contributed by atoms with van der Waals surface area (Å²) in [6.45, 7) is 5.28. The highest BCUT2D eigenvalue weighted by molar-refractivity contribution is 5.87. The maximum atomic E-state index is 14.0. The number of benzene rings is 2. The molecule has 0 unspecified atom stereocenters. The molecule has 0 atom stereocenters. The van der Waals surface area contributed by atoms with Gasteiger partial charge in [0.05, 0.1) is 18.2 Å². The molecule has 14 nitrogen and oxygen atoms in total. The topological polar surface area (TPSA) is 190 Å². The molecule has 1 amide bonds. The number of hydrogen-bond acceptors (Lipinski definition) is 10. The van der Waals surface area contributed by atoms with Crippen LogP contribution in [-0.2, 0) is 22.4 Å². The molecule has 56 heavy (non-hydrogen) atoms. The van der Waals surface area contributed by atoms with Crippen LogP contribution in [0.25, 0.3) is 33.5 Å². The second-order valence-electron chi connectivity index (χ2n) is 14.0. The molecule has 2 aromatic carbocycles. The Kier molecular flexibility index (Phi) is 13.6. The number of halogens is 1. The van der Waals surface area contributed by atoms with Crippen LogP contribution in [0.5, 0.6) is 5.75 Å². The predicted molar refractivity (Wildman–Crippen MR) is 214 cm³/mol. The third-order valence-electron chi connectivity index (χ3n) is 9.46. The van der Waals surface area contributed by atoms with E-state index in [1.54, 1.807) is 12.4 Å². The van der Waals surface area contributed by atoms with Gasteiger partial charge in [0.1, 0.15) is 17.1 Å². The van der Waals surface area contributed by atoms with Crippen LogP contribution in [0, 0.1) is 5.82 Å². The molecule has 6 aromatic rings. The first-order valence-electron chi connectivity index (χ1n) is 19.1. The predicted octanol–water partition coefficient (Wildman–Crippen LogP) is 8.09. The third kappa shape index (κ3) is 10.7. The summed E-state index contributed by atoms with van der Waals surface area (Å²) < 4.78 is 21.7. The molecule has 4 aromatic heterocycles. The monoisotopic (exact) mass is 761 g/mol. The van der Waals surface area contributed by atoms with Crippen molar-refractivity contribution >= 4 is 45.4 Å². The zero-order valence-electron chi connectivity index (χ0n) is 31.8. The maximum absolute atomic E-state index is 14.0. The quantitative estimate of drug-likeness (QED) is 0.0149. The minimum atomic E-state index is -0.464. The molecule has 0 aliphatic heterocycles. The highest BCUT2D eigenvalue weighted by Gasteiger charge is 2.17. The summed E-state index contributed by atoms with van der Waals surface area (Å²) in [5, 5.41) is 14.4. The fourth-order valence-corrected chi connectivity index (χ4v) is 6.50. The van der Waals surface area contributed by atoms with E-state index in [4.69, 9.17) is 20.5 Å². The van der Waals surface area contributed by atoms with Crippen molar-refractivity contribution in [2.24, 2.45) is 16.2 Å². The van der Waals surface area contributed by atoms with Crippen molar-refractivity contribution in [2.45, 2.75) is 84.1 Å². The van der Waals surface area contributed by atoms with Gasteiger partial charge in [0.15, 0.2) is 17.3 Å². The number of hydrogen-bond donors (Lipinski definition) is 4. The van der Waals surface area contributed by atoms with Gasteiger partial charge in [0.2, 0.25) is 5.91 Å². The van der Waals surface area contributed by atoms with E-state index in [0.29, 0.717) is 72.2 Å². The number of nitrogens with zero attached hydrogens (tertiary/aromatic N) is 7. The lowest BCUT2D eigenvalue weighted by atomic mass is 10.1. The van der Waals surface area contributed by atoms with Crippen LogP contribution >= 0.6 is 0 Å². The Balaban J connectivity index is 0.908. The van der Waals surface area contributed by atoms with Crippen LogP contribution in [0.1, 0.15) is 82.4 Å². The van der Waals surface area contributed by atoms with E-state index in [-0.39, 0.29) is 17.9 Å². The number of aromatic nitrogens is 6. The number of fused-ring (bicyclic) bond motifs is 2. The van der Waals surface area contributed by atoms with E-state index in [2.05, 4.69) is 35.9 Å². The minimum absolute atomic E-state index is 0.0667. The average Bonchev–Trinajstić information content (AvgIpc) is 3.81. The Morgan fingerprint density at radius 2 is 1.77 bits per heavy atom. The number of H-pyrrole nitrogens is 1. The molecule has 4 heterocycles. The SMILES string of the molecule is CC(C)n1cnc2c(NCCc3c[nH]c4ccc(OC(=O)CCCCCCCNC(=O)CCCc5ccc(N=NN)cc5)cc34)nc(-c3cncc(F)c3)nc21. The van der Waals surface area contributed by atoms with Crippen LogP contribution in [0.4, 0.5) is 15.9 Å². The van der Waals surface area contributed by atoms with E-state index < -0.39 is 5.82 Å². The molecular weight excluding hydrogens is 714 g/mol. The number of ether oxygens (including phenoxy) is 1. The highest BCUT2D eigenvalue weighted by atomic mass is 19.1. The number of aromatic amines is 1. The van der Waals surface area contributed by atoms with Gasteiger partial charge in [0.25, 0.3) is 0 Å². The summed E-state index contributed by atoms with van der Waals surface area (Å²) in [5.41, 5.74) is 5.59. The summed E-state index contributed by atoms with van der Waals surface area (Å²) in [4.78, 5) is 46.1. The van der Waals surface area contributed by atoms with Gasteiger partial charge in [-0.1, -0.05) is 36.6 Å². The summed E-state index contributed by atoms with van der Waals surface area (Å²) in [6.07, 6.45) is 14.0. The lowest BCUT2D eigenvalue weighted by Gasteiger charge is -2.11. The lowest BCUT2D eigenvalue weighted by Crippen LogP contribution is -2.24. The average molecular weight is 762 g/mol. The van der Waals surface area contributed by atoms with Crippen molar-refractivity contribution in [3.05, 3.63) is 90.4 Å². The molecule has 0 saturated carbocycles. The van der Waals surface area contributed by atoms with Gasteiger partial charge in [-0.05, 0) is 93.5 Å². The van der Waals surface area contributed by atoms with E-state index in [1.807, 2.05) is 61.0 Å². The molecule has 5 N–H and O–H groups in total. The zero-order chi connectivity index (χ0) is 39.3. The number of esters is 1. The van der Waals surface area contributed by atoms with Crippen LogP contribution in [0.2, 0.25) is 0 Å². The number of pyridine rings is 1. The first-order chi connectivity index (χ1) is 27.3. The molecule has 0 fully saturated rings. The molecule has 0 saturated heterocycles. The molecule has 0 radical (unpaired) electrons. The molecule has 6 rings (SSSR count). The number of aryl methyl sites for hydroxylation is 1. The molecule has 292 valence electrons. The number of carbonyl (C=O) groups excluding carboxylic acids is 2. The molecule has 0 spiro atoms. The number of amides is 1. The van der Waals surface area contributed by atoms with Crippen LogP contribution < -0.4 is 21.2 Å².